The predicted octanol–water partition coefficient (Wildman–Crippen LogP) is 9.57. The van der Waals surface area contributed by atoms with Gasteiger partial charge in [-0.2, -0.15) is 5.26 Å². The lowest BCUT2D eigenvalue weighted by molar-refractivity contribution is 0.178. The van der Waals surface area contributed by atoms with Crippen LogP contribution in [0, 0.1) is 17.2 Å². The summed E-state index contributed by atoms with van der Waals surface area (Å²) < 4.78 is 12.7. The molecule has 1 atom stereocenters. The second kappa shape index (κ2) is 9.56. The van der Waals surface area contributed by atoms with Gasteiger partial charge in [-0.3, -0.25) is 0 Å². The quantitative estimate of drug-likeness (QED) is 0.343. The lowest BCUT2D eigenvalue weighted by atomic mass is 9.74. The number of allylic oxidation sites excluding steroid dienone is 5. The number of nitriles is 1. The monoisotopic (exact) mass is 523 g/mol. The second-order valence-corrected chi connectivity index (χ2v) is 11.9. The van der Waals surface area contributed by atoms with E-state index in [4.69, 9.17) is 9.15 Å². The van der Waals surface area contributed by atoms with Gasteiger partial charge in [-0.05, 0) is 103 Å². The fourth-order valence-corrected chi connectivity index (χ4v) is 7.68. The van der Waals surface area contributed by atoms with E-state index >= 15 is 0 Å². The Bertz CT molecular complexity index is 1730. The Kier molecular flexibility index (Phi) is 5.69. The number of aryl methyl sites for hydroxylation is 1. The lowest BCUT2D eigenvalue weighted by Gasteiger charge is -2.29. The molecule has 198 valence electrons. The number of nitrogens with zero attached hydrogens (tertiary/aromatic N) is 1. The SMILES string of the molecule is N#CC1CCC(c2cc(-c3cccc4oc5c(c34)CCC=C5)ccc2C2=C3C4=C(C=CCC4)OC3CC=C2)CC1. The van der Waals surface area contributed by atoms with Gasteiger partial charge < -0.3 is 9.15 Å². The zero-order valence-electron chi connectivity index (χ0n) is 22.8. The third kappa shape index (κ3) is 3.77. The summed E-state index contributed by atoms with van der Waals surface area (Å²) in [5.74, 6) is 2.72. The largest absolute Gasteiger partial charge is 0.485 e. The Morgan fingerprint density at radius 2 is 1.73 bits per heavy atom. The van der Waals surface area contributed by atoms with Crippen LogP contribution in [0.1, 0.15) is 79.7 Å². The summed E-state index contributed by atoms with van der Waals surface area (Å²) in [5, 5.41) is 10.8. The minimum absolute atomic E-state index is 0.119. The molecule has 1 aromatic heterocycles. The number of ether oxygens (including phenoxy) is 1. The molecule has 1 unspecified atom stereocenters. The van der Waals surface area contributed by atoms with Crippen molar-refractivity contribution in [3.05, 3.63) is 106 Å². The van der Waals surface area contributed by atoms with Crippen LogP contribution in [0.3, 0.4) is 0 Å². The van der Waals surface area contributed by atoms with Gasteiger partial charge in [0, 0.05) is 34.4 Å². The molecular formula is C37H33NO2. The van der Waals surface area contributed by atoms with Gasteiger partial charge in [0.1, 0.15) is 23.2 Å². The van der Waals surface area contributed by atoms with Crippen LogP contribution in [0.4, 0.5) is 0 Å². The Labute approximate surface area is 235 Å². The maximum absolute atomic E-state index is 9.58. The molecule has 0 radical (unpaired) electrons. The number of hydrogen-bond acceptors (Lipinski definition) is 3. The van der Waals surface area contributed by atoms with Crippen molar-refractivity contribution < 1.29 is 9.15 Å². The average molecular weight is 524 g/mol. The molecule has 3 nitrogen and oxygen atoms in total. The number of rotatable bonds is 3. The first-order valence-electron chi connectivity index (χ1n) is 15.0. The van der Waals surface area contributed by atoms with Crippen molar-refractivity contribution in [3.8, 4) is 17.2 Å². The average Bonchev–Trinajstić information content (AvgIpc) is 3.59. The molecule has 1 aliphatic heterocycles. The van der Waals surface area contributed by atoms with Crippen molar-refractivity contribution >= 4 is 22.6 Å². The highest BCUT2D eigenvalue weighted by atomic mass is 16.5. The zero-order valence-corrected chi connectivity index (χ0v) is 22.8. The first-order valence-corrected chi connectivity index (χ1v) is 15.0. The van der Waals surface area contributed by atoms with Crippen LogP contribution in [-0.2, 0) is 11.2 Å². The number of fused-ring (bicyclic) bond motifs is 5. The van der Waals surface area contributed by atoms with E-state index in [9.17, 15) is 5.26 Å². The van der Waals surface area contributed by atoms with Gasteiger partial charge in [0.05, 0.1) is 6.07 Å². The van der Waals surface area contributed by atoms with Crippen molar-refractivity contribution in [2.75, 3.05) is 0 Å². The van der Waals surface area contributed by atoms with Crippen molar-refractivity contribution in [1.82, 2.24) is 0 Å². The van der Waals surface area contributed by atoms with E-state index in [0.29, 0.717) is 5.92 Å². The first kappa shape index (κ1) is 23.8. The maximum Gasteiger partial charge on any atom is 0.135 e. The van der Waals surface area contributed by atoms with Crippen molar-refractivity contribution in [2.45, 2.75) is 69.8 Å². The van der Waals surface area contributed by atoms with Crippen LogP contribution in [0.15, 0.2) is 88.1 Å². The van der Waals surface area contributed by atoms with Gasteiger partial charge in [0.15, 0.2) is 0 Å². The predicted molar refractivity (Wildman–Crippen MR) is 160 cm³/mol. The van der Waals surface area contributed by atoms with E-state index in [0.717, 1.165) is 74.9 Å². The molecule has 0 amide bonds. The standard InChI is InChI=1S/C37H33NO2/c38-22-23-15-17-24(18-16-23)31-21-25(26-9-5-13-34-36(26)29-7-1-3-11-32(29)39-34)19-20-27(31)28-10-6-14-35-37(28)30-8-2-4-12-33(30)40-35/h3-6,9-13,19-21,23-24,35H,1-2,7-8,14-18H2. The van der Waals surface area contributed by atoms with E-state index in [2.05, 4.69) is 78.9 Å². The molecule has 2 aromatic carbocycles. The van der Waals surface area contributed by atoms with Gasteiger partial charge in [-0.15, -0.1) is 0 Å². The van der Waals surface area contributed by atoms with E-state index in [1.54, 1.807) is 0 Å². The normalized spacial score (nSPS) is 25.0. The number of furan rings is 1. The summed E-state index contributed by atoms with van der Waals surface area (Å²) in [4.78, 5) is 0. The number of benzene rings is 2. The van der Waals surface area contributed by atoms with Crippen molar-refractivity contribution in [3.63, 3.8) is 0 Å². The van der Waals surface area contributed by atoms with Crippen molar-refractivity contribution in [1.29, 1.82) is 5.26 Å². The topological polar surface area (TPSA) is 46.2 Å². The minimum atomic E-state index is 0.119. The molecule has 0 bridgehead atoms. The van der Waals surface area contributed by atoms with E-state index < -0.39 is 0 Å². The molecule has 0 saturated heterocycles. The summed E-state index contributed by atoms with van der Waals surface area (Å²) in [6.45, 7) is 0. The Balaban J connectivity index is 1.31. The van der Waals surface area contributed by atoms with Gasteiger partial charge in [-0.25, -0.2) is 0 Å². The Morgan fingerprint density at radius 3 is 2.62 bits per heavy atom. The van der Waals surface area contributed by atoms with Crippen LogP contribution in [0.5, 0.6) is 0 Å². The molecular weight excluding hydrogens is 490 g/mol. The zero-order chi connectivity index (χ0) is 26.6. The Hall–Kier alpha value is -4.03. The fourth-order valence-electron chi connectivity index (χ4n) is 7.68. The molecule has 3 heteroatoms. The molecule has 3 aromatic rings. The molecule has 0 spiro atoms. The molecule has 2 heterocycles. The van der Waals surface area contributed by atoms with Gasteiger partial charge in [0.25, 0.3) is 0 Å². The summed E-state index contributed by atoms with van der Waals surface area (Å²) in [7, 11) is 0. The molecule has 40 heavy (non-hydrogen) atoms. The molecule has 1 fully saturated rings. The van der Waals surface area contributed by atoms with Crippen LogP contribution in [0.2, 0.25) is 0 Å². The van der Waals surface area contributed by atoms with E-state index in [1.165, 1.54) is 49.9 Å². The van der Waals surface area contributed by atoms with Crippen LogP contribution in [-0.4, -0.2) is 6.10 Å². The summed E-state index contributed by atoms with van der Waals surface area (Å²) in [6.07, 6.45) is 22.8. The maximum atomic E-state index is 9.58. The third-order valence-electron chi connectivity index (χ3n) is 9.65. The highest BCUT2D eigenvalue weighted by Gasteiger charge is 2.35. The summed E-state index contributed by atoms with van der Waals surface area (Å²) in [6, 6.07) is 16.2. The van der Waals surface area contributed by atoms with Crippen molar-refractivity contribution in [2.24, 2.45) is 5.92 Å². The van der Waals surface area contributed by atoms with Crippen LogP contribution >= 0.6 is 0 Å². The highest BCUT2D eigenvalue weighted by Crippen LogP contribution is 2.48. The van der Waals surface area contributed by atoms with Crippen LogP contribution < -0.4 is 0 Å². The van der Waals surface area contributed by atoms with Crippen LogP contribution in [0.25, 0.3) is 33.7 Å². The summed E-state index contributed by atoms with van der Waals surface area (Å²) in [5.41, 5.74) is 11.7. The minimum Gasteiger partial charge on any atom is -0.485 e. The highest BCUT2D eigenvalue weighted by molar-refractivity contribution is 5.99. The molecule has 8 rings (SSSR count). The molecule has 5 aliphatic rings. The van der Waals surface area contributed by atoms with E-state index in [-0.39, 0.29) is 12.0 Å². The second-order valence-electron chi connectivity index (χ2n) is 11.9. The first-order chi connectivity index (χ1) is 19.8. The van der Waals surface area contributed by atoms with Gasteiger partial charge in [0.2, 0.25) is 0 Å². The van der Waals surface area contributed by atoms with Gasteiger partial charge >= 0.3 is 0 Å². The smallest absolute Gasteiger partial charge is 0.135 e. The molecule has 1 saturated carbocycles. The lowest BCUT2D eigenvalue weighted by Crippen LogP contribution is -2.16. The third-order valence-corrected chi connectivity index (χ3v) is 9.65. The fraction of sp³-hybridized carbons (Fsp3) is 0.324. The Morgan fingerprint density at radius 1 is 0.850 bits per heavy atom. The van der Waals surface area contributed by atoms with E-state index in [1.807, 2.05) is 0 Å². The summed E-state index contributed by atoms with van der Waals surface area (Å²) >= 11 is 0. The van der Waals surface area contributed by atoms with Gasteiger partial charge in [-0.1, -0.05) is 54.6 Å². The molecule has 4 aliphatic carbocycles. The number of hydrogen-bond donors (Lipinski definition) is 0. The molecule has 0 N–H and O–H groups in total.